The molecule has 0 aliphatic carbocycles. The van der Waals surface area contributed by atoms with Crippen LogP contribution in [0.1, 0.15) is 5.69 Å². The van der Waals surface area contributed by atoms with Gasteiger partial charge in [0.05, 0.1) is 17.9 Å². The fraction of sp³-hybridized carbons (Fsp3) is 0.176. The molecule has 0 saturated carbocycles. The van der Waals surface area contributed by atoms with Crippen molar-refractivity contribution in [3.63, 3.8) is 0 Å². The summed E-state index contributed by atoms with van der Waals surface area (Å²) < 4.78 is 0. The molecule has 0 fully saturated rings. The number of halogens is 1. The summed E-state index contributed by atoms with van der Waals surface area (Å²) in [5.41, 5.74) is 2.81. The molecule has 23 heavy (non-hydrogen) atoms. The van der Waals surface area contributed by atoms with Gasteiger partial charge in [0.15, 0.2) is 5.13 Å². The number of benzene rings is 1. The van der Waals surface area contributed by atoms with Gasteiger partial charge in [-0.05, 0) is 18.2 Å². The van der Waals surface area contributed by atoms with Gasteiger partial charge in [-0.3, -0.25) is 0 Å². The molecule has 0 aliphatic rings. The van der Waals surface area contributed by atoms with Crippen molar-refractivity contribution >= 4 is 33.9 Å². The van der Waals surface area contributed by atoms with Crippen molar-refractivity contribution in [3.05, 3.63) is 58.6 Å². The molecule has 0 radical (unpaired) electrons. The van der Waals surface area contributed by atoms with E-state index < -0.39 is 0 Å². The Morgan fingerprint density at radius 2 is 1.91 bits per heavy atom. The van der Waals surface area contributed by atoms with E-state index >= 15 is 0 Å². The van der Waals surface area contributed by atoms with Crippen LogP contribution in [0.3, 0.4) is 0 Å². The molecule has 1 N–H and O–H groups in total. The van der Waals surface area contributed by atoms with E-state index in [4.69, 9.17) is 11.6 Å². The molecule has 0 aliphatic heterocycles. The van der Waals surface area contributed by atoms with Gasteiger partial charge in [-0.15, -0.1) is 11.3 Å². The van der Waals surface area contributed by atoms with E-state index in [1.54, 1.807) is 11.3 Å². The zero-order valence-corrected chi connectivity index (χ0v) is 14.5. The molecule has 3 aromatic rings. The van der Waals surface area contributed by atoms with Gasteiger partial charge in [0.25, 0.3) is 0 Å². The molecule has 0 unspecified atom stereocenters. The second-order valence-electron chi connectivity index (χ2n) is 5.25. The van der Waals surface area contributed by atoms with Crippen molar-refractivity contribution in [2.45, 2.75) is 6.54 Å². The zero-order valence-electron chi connectivity index (χ0n) is 13.0. The molecule has 1 aromatic carbocycles. The van der Waals surface area contributed by atoms with Crippen LogP contribution in [0.4, 0.5) is 10.9 Å². The van der Waals surface area contributed by atoms with E-state index in [1.807, 2.05) is 66.8 Å². The molecular formula is C17H17ClN4S. The Bertz CT molecular complexity index is 801. The Morgan fingerprint density at radius 3 is 2.70 bits per heavy atom. The predicted octanol–water partition coefficient (Wildman–Crippen LogP) is 4.54. The van der Waals surface area contributed by atoms with Crippen LogP contribution in [0.25, 0.3) is 11.3 Å². The van der Waals surface area contributed by atoms with E-state index in [9.17, 15) is 0 Å². The summed E-state index contributed by atoms with van der Waals surface area (Å²) in [7, 11) is 3.96. The molecule has 0 bridgehead atoms. The third kappa shape index (κ3) is 3.81. The number of thiazole rings is 1. The first-order valence-electron chi connectivity index (χ1n) is 7.21. The molecule has 6 heteroatoms. The van der Waals surface area contributed by atoms with Crippen LogP contribution in [-0.4, -0.2) is 24.1 Å². The van der Waals surface area contributed by atoms with Gasteiger partial charge < -0.3 is 10.2 Å². The van der Waals surface area contributed by atoms with Crippen LogP contribution in [0.5, 0.6) is 0 Å². The fourth-order valence-electron chi connectivity index (χ4n) is 2.13. The van der Waals surface area contributed by atoms with Crippen molar-refractivity contribution in [2.75, 3.05) is 24.3 Å². The van der Waals surface area contributed by atoms with Crippen LogP contribution >= 0.6 is 22.9 Å². The van der Waals surface area contributed by atoms with E-state index in [2.05, 4.69) is 15.3 Å². The first-order valence-corrected chi connectivity index (χ1v) is 8.47. The third-order valence-electron chi connectivity index (χ3n) is 3.32. The van der Waals surface area contributed by atoms with Gasteiger partial charge in [-0.1, -0.05) is 35.9 Å². The standard InChI is InChI=1S/C17H17ClN4S/c1-22(2)16-9-5-6-12(20-16)10-19-17-21-15(11-23-17)13-7-3-4-8-14(13)18/h3-9,11H,10H2,1-2H3,(H,19,21). The van der Waals surface area contributed by atoms with E-state index in [0.717, 1.165) is 27.9 Å². The van der Waals surface area contributed by atoms with Crippen molar-refractivity contribution in [1.82, 2.24) is 9.97 Å². The van der Waals surface area contributed by atoms with E-state index in [-0.39, 0.29) is 0 Å². The van der Waals surface area contributed by atoms with E-state index in [0.29, 0.717) is 11.6 Å². The highest BCUT2D eigenvalue weighted by Crippen LogP contribution is 2.30. The van der Waals surface area contributed by atoms with Crippen LogP contribution in [0.15, 0.2) is 47.8 Å². The number of rotatable bonds is 5. The second-order valence-corrected chi connectivity index (χ2v) is 6.52. The third-order valence-corrected chi connectivity index (χ3v) is 4.45. The van der Waals surface area contributed by atoms with Gasteiger partial charge in [-0.25, -0.2) is 9.97 Å². The lowest BCUT2D eigenvalue weighted by atomic mass is 10.2. The van der Waals surface area contributed by atoms with Crippen molar-refractivity contribution < 1.29 is 0 Å². The van der Waals surface area contributed by atoms with Crippen LogP contribution in [0, 0.1) is 0 Å². The average Bonchev–Trinajstić information content (AvgIpc) is 3.02. The first-order chi connectivity index (χ1) is 11.1. The summed E-state index contributed by atoms with van der Waals surface area (Å²) >= 11 is 7.78. The molecule has 0 atom stereocenters. The minimum atomic E-state index is 0.636. The van der Waals surface area contributed by atoms with Crippen molar-refractivity contribution in [3.8, 4) is 11.3 Å². The Hall–Kier alpha value is -2.11. The van der Waals surface area contributed by atoms with Crippen LogP contribution < -0.4 is 10.2 Å². The summed E-state index contributed by atoms with van der Waals surface area (Å²) in [5.74, 6) is 0.945. The summed E-state index contributed by atoms with van der Waals surface area (Å²) in [4.78, 5) is 11.2. The van der Waals surface area contributed by atoms with Crippen molar-refractivity contribution in [2.24, 2.45) is 0 Å². The first kappa shape index (κ1) is 15.8. The molecular weight excluding hydrogens is 328 g/mol. The smallest absolute Gasteiger partial charge is 0.183 e. The summed E-state index contributed by atoms with van der Waals surface area (Å²) in [5, 5.41) is 6.90. The maximum Gasteiger partial charge on any atom is 0.183 e. The van der Waals surface area contributed by atoms with Crippen LogP contribution in [0.2, 0.25) is 5.02 Å². The fourth-order valence-corrected chi connectivity index (χ4v) is 3.07. The van der Waals surface area contributed by atoms with Gasteiger partial charge >= 0.3 is 0 Å². The Morgan fingerprint density at radius 1 is 1.09 bits per heavy atom. The lowest BCUT2D eigenvalue weighted by Gasteiger charge is -2.12. The number of nitrogens with zero attached hydrogens (tertiary/aromatic N) is 3. The molecule has 0 amide bonds. The molecule has 118 valence electrons. The zero-order chi connectivity index (χ0) is 16.2. The predicted molar refractivity (Wildman–Crippen MR) is 98.5 cm³/mol. The van der Waals surface area contributed by atoms with Crippen LogP contribution in [-0.2, 0) is 6.54 Å². The normalized spacial score (nSPS) is 10.6. The number of pyridine rings is 1. The molecule has 0 saturated heterocycles. The highest BCUT2D eigenvalue weighted by molar-refractivity contribution is 7.14. The number of nitrogens with one attached hydrogen (secondary N) is 1. The number of hydrogen-bond acceptors (Lipinski definition) is 5. The maximum atomic E-state index is 6.22. The van der Waals surface area contributed by atoms with E-state index in [1.165, 1.54) is 0 Å². The van der Waals surface area contributed by atoms with Crippen molar-refractivity contribution in [1.29, 1.82) is 0 Å². The summed E-state index contributed by atoms with van der Waals surface area (Å²) in [6.45, 7) is 0.636. The second kappa shape index (κ2) is 6.98. The molecule has 0 spiro atoms. The molecule has 2 aromatic heterocycles. The monoisotopic (exact) mass is 344 g/mol. The average molecular weight is 345 g/mol. The summed E-state index contributed by atoms with van der Waals surface area (Å²) in [6.07, 6.45) is 0. The molecule has 2 heterocycles. The Balaban J connectivity index is 1.70. The lowest BCUT2D eigenvalue weighted by Crippen LogP contribution is -2.12. The van der Waals surface area contributed by atoms with Gasteiger partial charge in [0, 0.05) is 30.1 Å². The highest BCUT2D eigenvalue weighted by Gasteiger charge is 2.08. The van der Waals surface area contributed by atoms with Gasteiger partial charge in [0.2, 0.25) is 0 Å². The minimum Gasteiger partial charge on any atom is -0.363 e. The SMILES string of the molecule is CN(C)c1cccc(CNc2nc(-c3ccccc3Cl)cs2)n1. The quantitative estimate of drug-likeness (QED) is 0.738. The largest absolute Gasteiger partial charge is 0.363 e. The van der Waals surface area contributed by atoms with Gasteiger partial charge in [-0.2, -0.15) is 0 Å². The minimum absolute atomic E-state index is 0.636. The maximum absolute atomic E-state index is 6.22. The molecule has 4 nitrogen and oxygen atoms in total. The topological polar surface area (TPSA) is 41.0 Å². The Kier molecular flexibility index (Phi) is 4.79. The lowest BCUT2D eigenvalue weighted by molar-refractivity contribution is 0.993. The number of aromatic nitrogens is 2. The Labute approximate surface area is 144 Å². The molecule has 3 rings (SSSR count). The van der Waals surface area contributed by atoms with Gasteiger partial charge in [0.1, 0.15) is 5.82 Å². The highest BCUT2D eigenvalue weighted by atomic mass is 35.5. The number of anilines is 2. The summed E-state index contributed by atoms with van der Waals surface area (Å²) in [6, 6.07) is 13.7. The number of hydrogen-bond donors (Lipinski definition) is 1.